The Bertz CT molecular complexity index is 632. The predicted octanol–water partition coefficient (Wildman–Crippen LogP) is 2.25. The van der Waals surface area contributed by atoms with Crippen molar-refractivity contribution < 1.29 is 13.5 Å². The molecule has 0 aliphatic carbocycles. The molecule has 1 unspecified atom stereocenters. The average Bonchev–Trinajstić information content (AvgIpc) is 3.00. The number of aliphatic hydroxyl groups excluding tert-OH is 1. The van der Waals surface area contributed by atoms with E-state index in [4.69, 9.17) is 5.11 Å². The molecule has 2 aromatic rings. The number of sulfonamides is 1. The van der Waals surface area contributed by atoms with E-state index in [1.807, 2.05) is 24.4 Å². The van der Waals surface area contributed by atoms with Gasteiger partial charge in [0.15, 0.2) is 0 Å². The van der Waals surface area contributed by atoms with E-state index in [1.54, 1.807) is 23.5 Å². The molecule has 0 spiro atoms. The molecular weight excluding hydrogens is 314 g/mol. The highest BCUT2D eigenvalue weighted by Gasteiger charge is 2.19. The van der Waals surface area contributed by atoms with Gasteiger partial charge in [-0.15, -0.1) is 22.7 Å². The first-order valence-electron chi connectivity index (χ1n) is 6.25. The second kappa shape index (κ2) is 6.82. The van der Waals surface area contributed by atoms with Crippen LogP contribution in [0.25, 0.3) is 0 Å². The third-order valence-corrected chi connectivity index (χ3v) is 6.83. The summed E-state index contributed by atoms with van der Waals surface area (Å²) in [6.07, 6.45) is 1.18. The van der Waals surface area contributed by atoms with Crippen molar-refractivity contribution in [2.45, 2.75) is 30.0 Å². The van der Waals surface area contributed by atoms with Crippen LogP contribution in [0.1, 0.15) is 16.7 Å². The summed E-state index contributed by atoms with van der Waals surface area (Å²) in [5.74, 6) is 0. The van der Waals surface area contributed by atoms with Gasteiger partial charge in [-0.05, 0) is 36.9 Å². The van der Waals surface area contributed by atoms with Crippen LogP contribution in [0.2, 0.25) is 0 Å². The Hall–Kier alpha value is -0.730. The minimum Gasteiger partial charge on any atom is -0.396 e. The van der Waals surface area contributed by atoms with E-state index in [0.717, 1.165) is 9.75 Å². The van der Waals surface area contributed by atoms with Gasteiger partial charge in [-0.1, -0.05) is 6.07 Å². The highest BCUT2D eigenvalue weighted by atomic mass is 32.2. The van der Waals surface area contributed by atoms with E-state index in [0.29, 0.717) is 17.1 Å². The molecule has 0 saturated carbocycles. The Kier molecular flexibility index (Phi) is 5.34. The Morgan fingerprint density at radius 3 is 2.75 bits per heavy atom. The molecule has 0 aromatic carbocycles. The van der Waals surface area contributed by atoms with Crippen molar-refractivity contribution >= 4 is 32.7 Å². The maximum Gasteiger partial charge on any atom is 0.250 e. The molecule has 20 heavy (non-hydrogen) atoms. The summed E-state index contributed by atoms with van der Waals surface area (Å²) >= 11 is 2.83. The summed E-state index contributed by atoms with van der Waals surface area (Å²) in [7, 11) is -3.47. The van der Waals surface area contributed by atoms with Crippen LogP contribution in [0.3, 0.4) is 0 Å². The van der Waals surface area contributed by atoms with Crippen molar-refractivity contribution in [3.05, 3.63) is 39.4 Å². The molecule has 2 heterocycles. The highest BCUT2D eigenvalue weighted by molar-refractivity contribution is 7.91. The van der Waals surface area contributed by atoms with Gasteiger partial charge in [0.1, 0.15) is 4.21 Å². The molecule has 110 valence electrons. The standard InChI is InChI=1S/C13H17NO3S3/c1-10(9-12-3-2-8-18-12)14-20(16,17)13-5-4-11(19-13)6-7-15/h2-5,8,10,14-15H,6-7,9H2,1H3. The van der Waals surface area contributed by atoms with Gasteiger partial charge in [-0.2, -0.15) is 0 Å². The zero-order valence-corrected chi connectivity index (χ0v) is 13.5. The molecule has 2 N–H and O–H groups in total. The molecule has 7 heteroatoms. The minimum absolute atomic E-state index is 0.0300. The van der Waals surface area contributed by atoms with Gasteiger partial charge in [0.05, 0.1) is 0 Å². The first-order chi connectivity index (χ1) is 9.51. The van der Waals surface area contributed by atoms with Gasteiger partial charge in [-0.3, -0.25) is 0 Å². The summed E-state index contributed by atoms with van der Waals surface area (Å²) in [5.41, 5.74) is 0. The lowest BCUT2D eigenvalue weighted by Gasteiger charge is -2.12. The summed E-state index contributed by atoms with van der Waals surface area (Å²) in [6, 6.07) is 7.15. The van der Waals surface area contributed by atoms with Crippen LogP contribution in [0.15, 0.2) is 33.9 Å². The largest absolute Gasteiger partial charge is 0.396 e. The minimum atomic E-state index is -3.47. The van der Waals surface area contributed by atoms with Crippen LogP contribution in [-0.4, -0.2) is 26.2 Å². The number of rotatable bonds is 7. The highest BCUT2D eigenvalue weighted by Crippen LogP contribution is 2.22. The number of thiophene rings is 2. The van der Waals surface area contributed by atoms with E-state index < -0.39 is 10.0 Å². The third-order valence-electron chi connectivity index (χ3n) is 2.70. The molecule has 0 aliphatic heterocycles. The van der Waals surface area contributed by atoms with E-state index in [9.17, 15) is 8.42 Å². The van der Waals surface area contributed by atoms with Crippen LogP contribution in [0.4, 0.5) is 0 Å². The van der Waals surface area contributed by atoms with Crippen LogP contribution in [0.5, 0.6) is 0 Å². The molecule has 0 aliphatic rings. The van der Waals surface area contributed by atoms with Crippen molar-refractivity contribution in [1.82, 2.24) is 4.72 Å². The Labute approximate surface area is 127 Å². The molecule has 0 fully saturated rings. The van der Waals surface area contributed by atoms with E-state index in [-0.39, 0.29) is 12.6 Å². The molecule has 2 rings (SSSR count). The maximum absolute atomic E-state index is 12.2. The topological polar surface area (TPSA) is 66.4 Å². The molecule has 0 amide bonds. The molecule has 0 radical (unpaired) electrons. The zero-order valence-electron chi connectivity index (χ0n) is 11.1. The SMILES string of the molecule is CC(Cc1cccs1)NS(=O)(=O)c1ccc(CCO)s1. The molecular formula is C13H17NO3S3. The summed E-state index contributed by atoms with van der Waals surface area (Å²) in [5, 5.41) is 10.8. The van der Waals surface area contributed by atoms with Crippen LogP contribution in [0, 0.1) is 0 Å². The molecule has 1 atom stereocenters. The second-order valence-electron chi connectivity index (χ2n) is 4.50. The normalized spacial score (nSPS) is 13.5. The quantitative estimate of drug-likeness (QED) is 0.818. The maximum atomic E-state index is 12.2. The van der Waals surface area contributed by atoms with E-state index in [2.05, 4.69) is 4.72 Å². The summed E-state index contributed by atoms with van der Waals surface area (Å²) < 4.78 is 27.5. The van der Waals surface area contributed by atoms with Crippen LogP contribution >= 0.6 is 22.7 Å². The van der Waals surface area contributed by atoms with Crippen molar-refractivity contribution in [3.63, 3.8) is 0 Å². The van der Waals surface area contributed by atoms with Gasteiger partial charge < -0.3 is 5.11 Å². The zero-order chi connectivity index (χ0) is 14.6. The van der Waals surface area contributed by atoms with Crippen molar-refractivity contribution in [2.24, 2.45) is 0 Å². The van der Waals surface area contributed by atoms with Gasteiger partial charge in [-0.25, -0.2) is 13.1 Å². The smallest absolute Gasteiger partial charge is 0.250 e. The third kappa shape index (κ3) is 4.13. The van der Waals surface area contributed by atoms with Crippen molar-refractivity contribution in [2.75, 3.05) is 6.61 Å². The molecule has 0 bridgehead atoms. The van der Waals surface area contributed by atoms with Gasteiger partial charge in [0.25, 0.3) is 0 Å². The van der Waals surface area contributed by atoms with Gasteiger partial charge in [0.2, 0.25) is 10.0 Å². The number of hydrogen-bond acceptors (Lipinski definition) is 5. The van der Waals surface area contributed by atoms with Crippen LogP contribution < -0.4 is 4.72 Å². The van der Waals surface area contributed by atoms with Crippen molar-refractivity contribution in [3.8, 4) is 0 Å². The molecule has 4 nitrogen and oxygen atoms in total. The lowest BCUT2D eigenvalue weighted by molar-refractivity contribution is 0.300. The van der Waals surface area contributed by atoms with E-state index in [1.165, 1.54) is 11.3 Å². The Morgan fingerprint density at radius 2 is 2.10 bits per heavy atom. The van der Waals surface area contributed by atoms with E-state index >= 15 is 0 Å². The lowest BCUT2D eigenvalue weighted by Crippen LogP contribution is -2.33. The van der Waals surface area contributed by atoms with Crippen molar-refractivity contribution in [1.29, 1.82) is 0 Å². The molecule has 0 saturated heterocycles. The Balaban J connectivity index is 2.02. The number of nitrogens with one attached hydrogen (secondary N) is 1. The summed E-state index contributed by atoms with van der Waals surface area (Å²) in [4.78, 5) is 2.03. The number of hydrogen-bond donors (Lipinski definition) is 2. The van der Waals surface area contributed by atoms with Crippen LogP contribution in [-0.2, 0) is 22.9 Å². The number of aliphatic hydroxyl groups is 1. The Morgan fingerprint density at radius 1 is 1.30 bits per heavy atom. The predicted molar refractivity (Wildman–Crippen MR) is 82.9 cm³/mol. The average molecular weight is 331 g/mol. The fourth-order valence-corrected chi connectivity index (χ4v) is 5.28. The van der Waals surface area contributed by atoms with Gasteiger partial charge >= 0.3 is 0 Å². The fraction of sp³-hybridized carbons (Fsp3) is 0.385. The first-order valence-corrected chi connectivity index (χ1v) is 9.43. The molecule has 2 aromatic heterocycles. The first kappa shape index (κ1) is 15.7. The second-order valence-corrected chi connectivity index (χ2v) is 8.64. The monoisotopic (exact) mass is 331 g/mol. The lowest BCUT2D eigenvalue weighted by atomic mass is 10.2. The fourth-order valence-electron chi connectivity index (χ4n) is 1.84. The summed E-state index contributed by atoms with van der Waals surface area (Å²) in [6.45, 7) is 1.89. The van der Waals surface area contributed by atoms with Gasteiger partial charge in [0, 0.05) is 28.8 Å².